The topological polar surface area (TPSA) is 165 Å². The van der Waals surface area contributed by atoms with Gasteiger partial charge in [-0.25, -0.2) is 0 Å². The van der Waals surface area contributed by atoms with E-state index < -0.39 is 44.7 Å². The number of aryl methyl sites for hydroxylation is 2. The third-order valence-corrected chi connectivity index (χ3v) is 12.5. The fourth-order valence-electron chi connectivity index (χ4n) is 7.17. The van der Waals surface area contributed by atoms with Crippen LogP contribution < -0.4 is 4.89 Å². The van der Waals surface area contributed by atoms with E-state index in [4.69, 9.17) is 22.9 Å². The Morgan fingerprint density at radius 2 is 1.18 bits per heavy atom. The highest BCUT2D eigenvalue weighted by Gasteiger charge is 2.23. The summed E-state index contributed by atoms with van der Waals surface area (Å²) in [6.45, 7) is 8.19. The molecule has 1 heterocycles. The molecule has 0 saturated heterocycles. The van der Waals surface area contributed by atoms with E-state index in [0.717, 1.165) is 57.8 Å². The van der Waals surface area contributed by atoms with E-state index >= 15 is 0 Å². The van der Waals surface area contributed by atoms with Crippen LogP contribution in [0, 0.1) is 13.8 Å². The van der Waals surface area contributed by atoms with Crippen LogP contribution in [0.25, 0.3) is 0 Å². The van der Waals surface area contributed by atoms with Gasteiger partial charge in [0.15, 0.2) is 6.10 Å². The summed E-state index contributed by atoms with van der Waals surface area (Å²) < 4.78 is 40.1. The summed E-state index contributed by atoms with van der Waals surface area (Å²) in [7, 11) is 0.972. The van der Waals surface area contributed by atoms with Gasteiger partial charge in [-0.05, 0) is 89.2 Å². The molecule has 1 aromatic rings. The van der Waals surface area contributed by atoms with Gasteiger partial charge in [0.2, 0.25) is 0 Å². The van der Waals surface area contributed by atoms with Gasteiger partial charge in [0.1, 0.15) is 31.3 Å². The van der Waals surface area contributed by atoms with Crippen molar-refractivity contribution in [2.45, 2.75) is 213 Å². The van der Waals surface area contributed by atoms with E-state index in [1.54, 1.807) is 0 Å². The summed E-state index contributed by atoms with van der Waals surface area (Å²) >= 11 is 0. The van der Waals surface area contributed by atoms with Gasteiger partial charge in [-0.15, -0.1) is 0 Å². The zero-order valence-electron chi connectivity index (χ0n) is 41.9. The van der Waals surface area contributed by atoms with E-state index in [1.165, 1.54) is 93.3 Å². The van der Waals surface area contributed by atoms with Crippen molar-refractivity contribution in [3.63, 3.8) is 0 Å². The van der Waals surface area contributed by atoms with E-state index in [1.807, 2.05) is 33.3 Å². The Bertz CT molecular complexity index is 1510. The molecule has 13 heteroatoms. The summed E-state index contributed by atoms with van der Waals surface area (Å²) in [6, 6.07) is 0. The first-order valence-electron chi connectivity index (χ1n) is 25.2. The van der Waals surface area contributed by atoms with Crippen LogP contribution in [-0.4, -0.2) is 92.5 Å². The maximum absolute atomic E-state index is 12.8. The fourth-order valence-corrected chi connectivity index (χ4v) is 7.90. The average Bonchev–Trinajstić information content (AvgIpc) is 3.52. The van der Waals surface area contributed by atoms with Crippen LogP contribution in [0.4, 0.5) is 0 Å². The molecule has 0 aromatic carbocycles. The molecule has 65 heavy (non-hydrogen) atoms. The molecule has 0 spiro atoms. The summed E-state index contributed by atoms with van der Waals surface area (Å²) in [6.07, 6.45) is 33.0. The van der Waals surface area contributed by atoms with Crippen LogP contribution in [0.2, 0.25) is 0 Å². The van der Waals surface area contributed by atoms with Gasteiger partial charge in [0.25, 0.3) is 7.82 Å². The number of ether oxygens (including phenoxy) is 2. The number of hydrogen-bond donors (Lipinski definition) is 2. The Hall–Kier alpha value is -2.57. The number of esters is 2. The number of likely N-dealkylation sites (N-methyl/N-ethyl adjacent to an activating group) is 1. The third kappa shape index (κ3) is 33.5. The Balaban J connectivity index is 2.39. The van der Waals surface area contributed by atoms with Crippen molar-refractivity contribution in [3.8, 4) is 0 Å². The van der Waals surface area contributed by atoms with Gasteiger partial charge in [-0.3, -0.25) is 14.2 Å². The van der Waals surface area contributed by atoms with Crippen LogP contribution in [0.1, 0.15) is 191 Å². The molecule has 2 N–H and O–H groups in total. The maximum atomic E-state index is 12.8. The molecule has 12 nitrogen and oxygen atoms in total. The van der Waals surface area contributed by atoms with E-state index in [-0.39, 0.29) is 45.3 Å². The lowest BCUT2D eigenvalue weighted by molar-refractivity contribution is -0.870. The molecule has 1 aromatic heterocycles. The van der Waals surface area contributed by atoms with E-state index in [2.05, 4.69) is 52.0 Å². The Kier molecular flexibility index (Phi) is 34.8. The Morgan fingerprint density at radius 3 is 1.78 bits per heavy atom. The van der Waals surface area contributed by atoms with Crippen LogP contribution in [-0.2, 0) is 45.5 Å². The monoisotopic (exact) mass is 938 g/mol. The molecular formula is C52H92NO11P. The molecule has 0 fully saturated rings. The minimum Gasteiger partial charge on any atom is -0.756 e. The molecule has 0 aliphatic carbocycles. The molecule has 0 aliphatic heterocycles. The number of furan rings is 1. The van der Waals surface area contributed by atoms with Gasteiger partial charge >= 0.3 is 11.9 Å². The second-order valence-electron chi connectivity index (χ2n) is 18.7. The van der Waals surface area contributed by atoms with Crippen molar-refractivity contribution in [3.05, 3.63) is 59.1 Å². The number of aliphatic hydroxyl groups excluding tert-OH is 2. The summed E-state index contributed by atoms with van der Waals surface area (Å²) in [4.78, 5) is 37.8. The lowest BCUT2D eigenvalue weighted by Gasteiger charge is -2.28. The molecule has 0 radical (unpaired) electrons. The zero-order chi connectivity index (χ0) is 48.2. The number of phosphoric acid groups is 1. The molecule has 0 saturated carbocycles. The van der Waals surface area contributed by atoms with Crippen molar-refractivity contribution < 1.29 is 56.7 Å². The number of aliphatic hydroxyl groups is 2. The molecule has 3 unspecified atom stereocenters. The second kappa shape index (κ2) is 37.4. The standard InChI is InChI=1S/C52H92NO11P/c1-8-10-12-13-14-15-16-17-20-23-26-30-34-47(54)48(55)35-33-39-52(57)63-46(43-62-65(58,59)61-41-40-53(5,6)7)42-60-51(56)38-32-28-25-22-19-18-21-24-27-31-37-50-45(4)44(3)49(64-50)36-29-11-9-2/h14-15,17,20,26,30,46-48,54-55H,8-13,16,18-19,21-25,27-29,31-43H2,1-7H3/b15-14-,20-17-,30-26-/t46-,47?,48?/m1/s1. The molecule has 0 aliphatic rings. The van der Waals surface area contributed by atoms with Gasteiger partial charge in [-0.1, -0.05) is 127 Å². The van der Waals surface area contributed by atoms with Gasteiger partial charge in [-0.2, -0.15) is 0 Å². The predicted octanol–water partition coefficient (Wildman–Crippen LogP) is 11.4. The molecule has 0 amide bonds. The maximum Gasteiger partial charge on any atom is 0.306 e. The van der Waals surface area contributed by atoms with Gasteiger partial charge in [0.05, 0.1) is 40.0 Å². The number of hydrogen-bond acceptors (Lipinski definition) is 11. The van der Waals surface area contributed by atoms with Crippen molar-refractivity contribution in [2.75, 3.05) is 47.5 Å². The first kappa shape index (κ1) is 60.4. The fraction of sp³-hybridized carbons (Fsp3) is 0.769. The number of allylic oxidation sites excluding steroid dienone is 5. The molecule has 0 bridgehead atoms. The number of rotatable bonds is 42. The zero-order valence-corrected chi connectivity index (χ0v) is 42.8. The highest BCUT2D eigenvalue weighted by molar-refractivity contribution is 7.45. The number of unbranched alkanes of at least 4 members (excludes halogenated alkanes) is 14. The van der Waals surface area contributed by atoms with E-state index in [9.17, 15) is 29.3 Å². The molecule has 1 rings (SSSR count). The van der Waals surface area contributed by atoms with Crippen molar-refractivity contribution >= 4 is 19.8 Å². The smallest absolute Gasteiger partial charge is 0.306 e. The largest absolute Gasteiger partial charge is 0.756 e. The summed E-state index contributed by atoms with van der Waals surface area (Å²) in [5.41, 5.74) is 2.67. The normalized spacial score (nSPS) is 14.7. The minimum absolute atomic E-state index is 0.0888. The number of carbonyl (C=O) groups is 2. The Morgan fingerprint density at radius 1 is 0.662 bits per heavy atom. The quantitative estimate of drug-likeness (QED) is 0.0211. The number of nitrogens with zero attached hydrogens (tertiary/aromatic N) is 1. The van der Waals surface area contributed by atoms with Crippen LogP contribution in [0.3, 0.4) is 0 Å². The lowest BCUT2D eigenvalue weighted by atomic mass is 10.0. The lowest BCUT2D eigenvalue weighted by Crippen LogP contribution is -2.37. The van der Waals surface area contributed by atoms with Crippen molar-refractivity contribution in [1.29, 1.82) is 0 Å². The minimum atomic E-state index is -4.72. The number of phosphoric ester groups is 1. The van der Waals surface area contributed by atoms with Crippen molar-refractivity contribution in [2.24, 2.45) is 0 Å². The predicted molar refractivity (Wildman–Crippen MR) is 260 cm³/mol. The van der Waals surface area contributed by atoms with Crippen LogP contribution in [0.15, 0.2) is 40.9 Å². The summed E-state index contributed by atoms with van der Waals surface area (Å²) in [5, 5.41) is 20.9. The Labute approximate surface area is 394 Å². The SMILES string of the molecule is CCCCC/C=C\C/C=C\C/C=C\CC(O)C(O)CCCC(=O)O[C@H](COC(=O)CCCCCCCCCCCCc1oc(CCCCC)c(C)c1C)COP(=O)([O-])OCC[N+](C)(C)C. The first-order chi connectivity index (χ1) is 31.1. The van der Waals surface area contributed by atoms with Crippen LogP contribution in [0.5, 0.6) is 0 Å². The number of quaternary nitrogens is 1. The van der Waals surface area contributed by atoms with Gasteiger partial charge in [0, 0.05) is 25.7 Å². The number of carbonyl (C=O) groups excluding carboxylic acids is 2. The molecular weight excluding hydrogens is 846 g/mol. The van der Waals surface area contributed by atoms with E-state index in [0.29, 0.717) is 17.4 Å². The van der Waals surface area contributed by atoms with Crippen LogP contribution >= 0.6 is 7.82 Å². The average molecular weight is 938 g/mol. The summed E-state index contributed by atoms with van der Waals surface area (Å²) in [5.74, 6) is 1.22. The van der Waals surface area contributed by atoms with Crippen molar-refractivity contribution in [1.82, 2.24) is 0 Å². The highest BCUT2D eigenvalue weighted by atomic mass is 31.2. The third-order valence-electron chi connectivity index (χ3n) is 11.6. The molecule has 376 valence electrons. The second-order valence-corrected chi connectivity index (χ2v) is 20.1. The van der Waals surface area contributed by atoms with Gasteiger partial charge < -0.3 is 42.5 Å². The highest BCUT2D eigenvalue weighted by Crippen LogP contribution is 2.38. The first-order valence-corrected chi connectivity index (χ1v) is 26.7. The molecule has 4 atom stereocenters.